The zero-order valence-corrected chi connectivity index (χ0v) is 12.5. The lowest BCUT2D eigenvalue weighted by Gasteiger charge is -2.48. The summed E-state index contributed by atoms with van der Waals surface area (Å²) in [5.74, 6) is 0. The SMILES string of the molecule is CCCC(C)N(C)C1(CN)CCN2CCCCC21. The highest BCUT2D eigenvalue weighted by atomic mass is 15.3. The van der Waals surface area contributed by atoms with Crippen molar-refractivity contribution in [3.05, 3.63) is 0 Å². The van der Waals surface area contributed by atoms with Gasteiger partial charge in [-0.15, -0.1) is 0 Å². The summed E-state index contributed by atoms with van der Waals surface area (Å²) in [4.78, 5) is 5.32. The minimum absolute atomic E-state index is 0.245. The van der Waals surface area contributed by atoms with Crippen molar-refractivity contribution in [2.45, 2.75) is 70.0 Å². The van der Waals surface area contributed by atoms with Gasteiger partial charge in [0.1, 0.15) is 0 Å². The molecular weight excluding hydrogens is 222 g/mol. The second-order valence-electron chi connectivity index (χ2n) is 6.35. The zero-order chi connectivity index (χ0) is 13.2. The van der Waals surface area contributed by atoms with Gasteiger partial charge in [0.15, 0.2) is 0 Å². The quantitative estimate of drug-likeness (QED) is 0.814. The van der Waals surface area contributed by atoms with Gasteiger partial charge >= 0.3 is 0 Å². The molecule has 2 fully saturated rings. The Balaban J connectivity index is 2.14. The van der Waals surface area contributed by atoms with Gasteiger partial charge in [0.25, 0.3) is 0 Å². The smallest absolute Gasteiger partial charge is 0.0498 e. The van der Waals surface area contributed by atoms with Crippen LogP contribution in [0.4, 0.5) is 0 Å². The Bertz CT molecular complexity index is 268. The third kappa shape index (κ3) is 2.33. The van der Waals surface area contributed by atoms with Crippen LogP contribution in [-0.2, 0) is 0 Å². The van der Waals surface area contributed by atoms with Crippen LogP contribution >= 0.6 is 0 Å². The lowest BCUT2D eigenvalue weighted by atomic mass is 9.83. The summed E-state index contributed by atoms with van der Waals surface area (Å²) in [6.45, 7) is 8.01. The molecule has 0 saturated carbocycles. The van der Waals surface area contributed by atoms with Gasteiger partial charge in [-0.05, 0) is 46.2 Å². The predicted octanol–water partition coefficient (Wildman–Crippen LogP) is 2.06. The summed E-state index contributed by atoms with van der Waals surface area (Å²) < 4.78 is 0. The zero-order valence-electron chi connectivity index (χ0n) is 12.5. The molecule has 2 N–H and O–H groups in total. The highest BCUT2D eigenvalue weighted by molar-refractivity contribution is 5.08. The molecule has 3 atom stereocenters. The van der Waals surface area contributed by atoms with E-state index < -0.39 is 0 Å². The van der Waals surface area contributed by atoms with Crippen molar-refractivity contribution in [2.24, 2.45) is 5.73 Å². The predicted molar refractivity (Wildman–Crippen MR) is 77.7 cm³/mol. The summed E-state index contributed by atoms with van der Waals surface area (Å²) >= 11 is 0. The molecule has 2 aliphatic rings. The van der Waals surface area contributed by atoms with Crippen LogP contribution in [0, 0.1) is 0 Å². The molecular formula is C15H31N3. The van der Waals surface area contributed by atoms with Crippen LogP contribution in [0.15, 0.2) is 0 Å². The van der Waals surface area contributed by atoms with E-state index in [0.717, 1.165) is 6.54 Å². The van der Waals surface area contributed by atoms with Gasteiger partial charge in [-0.1, -0.05) is 19.8 Å². The lowest BCUT2D eigenvalue weighted by Crippen LogP contribution is -2.62. The van der Waals surface area contributed by atoms with Crippen LogP contribution in [0.25, 0.3) is 0 Å². The summed E-state index contributed by atoms with van der Waals surface area (Å²) in [7, 11) is 2.31. The molecule has 0 aliphatic carbocycles. The Morgan fingerprint density at radius 3 is 2.83 bits per heavy atom. The van der Waals surface area contributed by atoms with E-state index in [-0.39, 0.29) is 5.54 Å². The number of hydrogen-bond acceptors (Lipinski definition) is 3. The molecule has 3 heteroatoms. The van der Waals surface area contributed by atoms with E-state index in [1.165, 1.54) is 51.6 Å². The molecule has 18 heavy (non-hydrogen) atoms. The van der Waals surface area contributed by atoms with Crippen LogP contribution in [-0.4, -0.2) is 54.1 Å². The van der Waals surface area contributed by atoms with E-state index in [9.17, 15) is 0 Å². The molecule has 3 unspecified atom stereocenters. The number of piperidine rings is 1. The molecule has 0 radical (unpaired) electrons. The lowest BCUT2D eigenvalue weighted by molar-refractivity contribution is 0.0291. The van der Waals surface area contributed by atoms with Gasteiger partial charge in [0.2, 0.25) is 0 Å². The number of rotatable bonds is 5. The number of nitrogens with two attached hydrogens (primary N) is 1. The van der Waals surface area contributed by atoms with Crippen molar-refractivity contribution < 1.29 is 0 Å². The topological polar surface area (TPSA) is 32.5 Å². The van der Waals surface area contributed by atoms with Gasteiger partial charge in [-0.25, -0.2) is 0 Å². The Morgan fingerprint density at radius 1 is 1.39 bits per heavy atom. The average Bonchev–Trinajstić information content (AvgIpc) is 2.78. The van der Waals surface area contributed by atoms with Crippen LogP contribution in [0.2, 0.25) is 0 Å². The molecule has 0 spiro atoms. The number of hydrogen-bond donors (Lipinski definition) is 1. The Labute approximate surface area is 113 Å². The molecule has 2 heterocycles. The Hall–Kier alpha value is -0.120. The van der Waals surface area contributed by atoms with Crippen LogP contribution in [0.1, 0.15) is 52.4 Å². The fourth-order valence-electron chi connectivity index (χ4n) is 4.21. The molecule has 0 aromatic heterocycles. The van der Waals surface area contributed by atoms with Crippen molar-refractivity contribution in [2.75, 3.05) is 26.7 Å². The largest absolute Gasteiger partial charge is 0.329 e. The first kappa shape index (κ1) is 14.3. The fourth-order valence-corrected chi connectivity index (χ4v) is 4.21. The van der Waals surface area contributed by atoms with E-state index in [4.69, 9.17) is 5.73 Å². The standard InChI is InChI=1S/C15H31N3/c1-4-7-13(2)17(3)15(12-16)9-11-18-10-6-5-8-14(15)18/h13-14H,4-12,16H2,1-3H3. The number of nitrogens with zero attached hydrogens (tertiary/aromatic N) is 2. The molecule has 0 aromatic carbocycles. The normalized spacial score (nSPS) is 34.8. The minimum atomic E-state index is 0.245. The first-order chi connectivity index (χ1) is 8.65. The third-order valence-corrected chi connectivity index (χ3v) is 5.49. The summed E-state index contributed by atoms with van der Waals surface area (Å²) in [6, 6.07) is 1.36. The minimum Gasteiger partial charge on any atom is -0.329 e. The van der Waals surface area contributed by atoms with Crippen molar-refractivity contribution >= 4 is 0 Å². The molecule has 0 aromatic rings. The van der Waals surface area contributed by atoms with Crippen molar-refractivity contribution in [3.8, 4) is 0 Å². The van der Waals surface area contributed by atoms with E-state index in [1.807, 2.05) is 0 Å². The van der Waals surface area contributed by atoms with Gasteiger partial charge in [-0.2, -0.15) is 0 Å². The average molecular weight is 253 g/mol. The first-order valence-electron chi connectivity index (χ1n) is 7.82. The number of likely N-dealkylation sites (N-methyl/N-ethyl adjacent to an activating group) is 1. The Morgan fingerprint density at radius 2 is 2.17 bits per heavy atom. The molecule has 0 amide bonds. The Kier molecular flexibility index (Phi) is 4.68. The molecule has 2 saturated heterocycles. The van der Waals surface area contributed by atoms with Crippen molar-refractivity contribution in [1.82, 2.24) is 9.80 Å². The number of fused-ring (bicyclic) bond motifs is 1. The van der Waals surface area contributed by atoms with Gasteiger partial charge < -0.3 is 5.73 Å². The highest BCUT2D eigenvalue weighted by Gasteiger charge is 2.50. The summed E-state index contributed by atoms with van der Waals surface area (Å²) in [5.41, 5.74) is 6.49. The van der Waals surface area contributed by atoms with Crippen LogP contribution in [0.5, 0.6) is 0 Å². The monoisotopic (exact) mass is 253 g/mol. The molecule has 106 valence electrons. The highest BCUT2D eigenvalue weighted by Crippen LogP contribution is 2.39. The van der Waals surface area contributed by atoms with Crippen molar-refractivity contribution in [3.63, 3.8) is 0 Å². The molecule has 3 nitrogen and oxygen atoms in total. The maximum Gasteiger partial charge on any atom is 0.0498 e. The second kappa shape index (κ2) is 5.89. The summed E-state index contributed by atoms with van der Waals surface area (Å²) in [5, 5.41) is 0. The molecule has 0 bridgehead atoms. The fraction of sp³-hybridized carbons (Fsp3) is 1.00. The van der Waals surface area contributed by atoms with Crippen LogP contribution in [0.3, 0.4) is 0 Å². The van der Waals surface area contributed by atoms with E-state index in [2.05, 4.69) is 30.7 Å². The van der Waals surface area contributed by atoms with Crippen LogP contribution < -0.4 is 5.73 Å². The van der Waals surface area contributed by atoms with E-state index in [1.54, 1.807) is 0 Å². The molecule has 2 aliphatic heterocycles. The summed E-state index contributed by atoms with van der Waals surface area (Å²) in [6.07, 6.45) is 7.93. The maximum absolute atomic E-state index is 6.24. The second-order valence-corrected chi connectivity index (χ2v) is 6.35. The van der Waals surface area contributed by atoms with E-state index >= 15 is 0 Å². The third-order valence-electron chi connectivity index (χ3n) is 5.49. The first-order valence-corrected chi connectivity index (χ1v) is 7.82. The van der Waals surface area contributed by atoms with Gasteiger partial charge in [-0.3, -0.25) is 9.80 Å². The van der Waals surface area contributed by atoms with Crippen molar-refractivity contribution in [1.29, 1.82) is 0 Å². The molecule has 2 rings (SSSR count). The van der Waals surface area contributed by atoms with Gasteiger partial charge in [0, 0.05) is 30.7 Å². The van der Waals surface area contributed by atoms with Gasteiger partial charge in [0.05, 0.1) is 0 Å². The van der Waals surface area contributed by atoms with E-state index in [0.29, 0.717) is 12.1 Å². The maximum atomic E-state index is 6.24.